The maximum atomic E-state index is 8.82. The highest BCUT2D eigenvalue weighted by atomic mass is 127. The van der Waals surface area contributed by atoms with E-state index in [2.05, 4.69) is 0 Å². The van der Waals surface area contributed by atoms with Crippen LogP contribution in [0.2, 0.25) is 5.02 Å². The van der Waals surface area contributed by atoms with Gasteiger partial charge in [-0.25, -0.2) is 0 Å². The minimum absolute atomic E-state index is 0. The van der Waals surface area contributed by atoms with Gasteiger partial charge in [0.2, 0.25) is 0 Å². The molecule has 0 spiro atoms. The zero-order valence-corrected chi connectivity index (χ0v) is 8.00. The van der Waals surface area contributed by atoms with Crippen LogP contribution in [0, 0.1) is 0 Å². The minimum Gasteiger partial charge on any atom is -0.504 e. The van der Waals surface area contributed by atoms with Crippen molar-refractivity contribution in [3.05, 3.63) is 23.2 Å². The van der Waals surface area contributed by atoms with Crippen molar-refractivity contribution in [1.82, 2.24) is 0 Å². The van der Waals surface area contributed by atoms with Crippen molar-refractivity contribution in [3.63, 3.8) is 0 Å². The van der Waals surface area contributed by atoms with Crippen LogP contribution in [0.15, 0.2) is 18.2 Å². The van der Waals surface area contributed by atoms with Crippen LogP contribution in [-0.2, 0) is 0 Å². The first kappa shape index (κ1) is 9.84. The third-order valence-corrected chi connectivity index (χ3v) is 1.27. The summed E-state index contributed by atoms with van der Waals surface area (Å²) >= 11 is 5.40. The van der Waals surface area contributed by atoms with Gasteiger partial charge in [0.15, 0.2) is 11.5 Å². The lowest BCUT2D eigenvalue weighted by Crippen LogP contribution is -1.67. The number of benzene rings is 1. The van der Waals surface area contributed by atoms with Gasteiger partial charge in [0.25, 0.3) is 0 Å². The molecule has 0 aliphatic carbocycles. The molecule has 4 heteroatoms. The van der Waals surface area contributed by atoms with Gasteiger partial charge >= 0.3 is 0 Å². The van der Waals surface area contributed by atoms with Gasteiger partial charge in [0.05, 0.1) is 5.02 Å². The van der Waals surface area contributed by atoms with Crippen LogP contribution in [0.1, 0.15) is 0 Å². The standard InChI is InChI=1S/C6H5ClO2.HI/c7-4-2-1-3-5(8)6(4)9;/h1-3,8-9H;1H. The molecule has 0 bridgehead atoms. The number of hydrogen-bond acceptors (Lipinski definition) is 2. The van der Waals surface area contributed by atoms with E-state index in [-0.39, 0.29) is 40.5 Å². The SMILES string of the molecule is I.Oc1cccc(Cl)c1O. The Morgan fingerprint density at radius 1 is 1.20 bits per heavy atom. The van der Waals surface area contributed by atoms with Gasteiger partial charge < -0.3 is 10.2 Å². The predicted octanol–water partition coefficient (Wildman–Crippen LogP) is 2.37. The number of hydrogen-bond donors (Lipinski definition) is 2. The molecule has 0 fully saturated rings. The summed E-state index contributed by atoms with van der Waals surface area (Å²) in [5.41, 5.74) is 0. The van der Waals surface area contributed by atoms with E-state index in [4.69, 9.17) is 21.8 Å². The molecule has 0 saturated carbocycles. The second-order valence-electron chi connectivity index (χ2n) is 1.61. The fourth-order valence-electron chi connectivity index (χ4n) is 0.504. The molecule has 0 aliphatic rings. The summed E-state index contributed by atoms with van der Waals surface area (Å²) in [5, 5.41) is 17.8. The van der Waals surface area contributed by atoms with Gasteiger partial charge in [-0.2, -0.15) is 0 Å². The highest BCUT2D eigenvalue weighted by Crippen LogP contribution is 2.31. The van der Waals surface area contributed by atoms with E-state index in [9.17, 15) is 0 Å². The number of halogens is 2. The Labute approximate surface area is 80.5 Å². The molecule has 0 unspecified atom stereocenters. The van der Waals surface area contributed by atoms with Gasteiger partial charge in [0, 0.05) is 0 Å². The lowest BCUT2D eigenvalue weighted by molar-refractivity contribution is 0.404. The predicted molar refractivity (Wildman–Crippen MR) is 50.2 cm³/mol. The quantitative estimate of drug-likeness (QED) is 0.562. The molecule has 2 N–H and O–H groups in total. The van der Waals surface area contributed by atoms with Crippen molar-refractivity contribution in [2.24, 2.45) is 0 Å². The maximum absolute atomic E-state index is 8.82. The number of rotatable bonds is 0. The van der Waals surface area contributed by atoms with E-state index in [1.807, 2.05) is 0 Å². The largest absolute Gasteiger partial charge is 0.504 e. The molecular formula is C6H6ClIO2. The van der Waals surface area contributed by atoms with E-state index >= 15 is 0 Å². The third kappa shape index (κ3) is 1.91. The fraction of sp³-hybridized carbons (Fsp3) is 0. The van der Waals surface area contributed by atoms with Crippen molar-refractivity contribution in [1.29, 1.82) is 0 Å². The van der Waals surface area contributed by atoms with Crippen LogP contribution in [0.5, 0.6) is 11.5 Å². The second kappa shape index (κ2) is 3.88. The second-order valence-corrected chi connectivity index (χ2v) is 2.01. The van der Waals surface area contributed by atoms with Crippen molar-refractivity contribution < 1.29 is 10.2 Å². The van der Waals surface area contributed by atoms with Crippen LogP contribution in [-0.4, -0.2) is 10.2 Å². The average molecular weight is 272 g/mol. The molecule has 56 valence electrons. The van der Waals surface area contributed by atoms with Crippen molar-refractivity contribution in [2.75, 3.05) is 0 Å². The first-order valence-electron chi connectivity index (χ1n) is 2.38. The Morgan fingerprint density at radius 3 is 2.20 bits per heavy atom. The Hall–Kier alpha value is -0.160. The van der Waals surface area contributed by atoms with Gasteiger partial charge in [-0.1, -0.05) is 17.7 Å². The van der Waals surface area contributed by atoms with E-state index in [0.29, 0.717) is 0 Å². The molecule has 0 atom stereocenters. The highest BCUT2D eigenvalue weighted by molar-refractivity contribution is 14.0. The molecule has 10 heavy (non-hydrogen) atoms. The Bertz CT molecular complexity index is 207. The number of phenols is 2. The molecule has 2 nitrogen and oxygen atoms in total. The molecule has 0 radical (unpaired) electrons. The Morgan fingerprint density at radius 2 is 1.80 bits per heavy atom. The first-order chi connectivity index (χ1) is 4.22. The summed E-state index contributed by atoms with van der Waals surface area (Å²) in [6, 6.07) is 4.41. The molecule has 1 rings (SSSR count). The topological polar surface area (TPSA) is 40.5 Å². The van der Waals surface area contributed by atoms with E-state index in [1.54, 1.807) is 6.07 Å². The van der Waals surface area contributed by atoms with Gasteiger partial charge in [-0.15, -0.1) is 24.0 Å². The minimum atomic E-state index is -0.265. The molecule has 0 heterocycles. The van der Waals surface area contributed by atoms with Crippen molar-refractivity contribution in [2.45, 2.75) is 0 Å². The van der Waals surface area contributed by atoms with E-state index < -0.39 is 0 Å². The van der Waals surface area contributed by atoms with E-state index in [1.165, 1.54) is 12.1 Å². The number of para-hydroxylation sites is 1. The van der Waals surface area contributed by atoms with Crippen LogP contribution in [0.3, 0.4) is 0 Å². The normalized spacial score (nSPS) is 8.50. The number of aromatic hydroxyl groups is 2. The van der Waals surface area contributed by atoms with E-state index in [0.717, 1.165) is 0 Å². The highest BCUT2D eigenvalue weighted by Gasteiger charge is 2.00. The summed E-state index contributed by atoms with van der Waals surface area (Å²) in [6.45, 7) is 0. The Balaban J connectivity index is 0.000000810. The lowest BCUT2D eigenvalue weighted by atomic mass is 10.3. The van der Waals surface area contributed by atoms with Crippen LogP contribution in [0.4, 0.5) is 0 Å². The van der Waals surface area contributed by atoms with Gasteiger partial charge in [0.1, 0.15) is 0 Å². The summed E-state index contributed by atoms with van der Waals surface area (Å²) in [5.74, 6) is -0.457. The summed E-state index contributed by atoms with van der Waals surface area (Å²) in [6.07, 6.45) is 0. The molecule has 0 amide bonds. The van der Waals surface area contributed by atoms with Crippen molar-refractivity contribution in [3.8, 4) is 11.5 Å². The molecular weight excluding hydrogens is 266 g/mol. The fourth-order valence-corrected chi connectivity index (χ4v) is 0.674. The molecule has 0 aliphatic heterocycles. The third-order valence-electron chi connectivity index (χ3n) is 0.965. The summed E-state index contributed by atoms with van der Waals surface area (Å²) in [7, 11) is 0. The monoisotopic (exact) mass is 272 g/mol. The summed E-state index contributed by atoms with van der Waals surface area (Å²) < 4.78 is 0. The zero-order chi connectivity index (χ0) is 6.85. The smallest absolute Gasteiger partial charge is 0.176 e. The summed E-state index contributed by atoms with van der Waals surface area (Å²) in [4.78, 5) is 0. The average Bonchev–Trinajstić information content (AvgIpc) is 1.83. The number of phenolic OH excluding ortho intramolecular Hbond substituents is 2. The lowest BCUT2D eigenvalue weighted by Gasteiger charge is -1.96. The van der Waals surface area contributed by atoms with Gasteiger partial charge in [-0.05, 0) is 12.1 Å². The van der Waals surface area contributed by atoms with Gasteiger partial charge in [-0.3, -0.25) is 0 Å². The van der Waals surface area contributed by atoms with Crippen LogP contribution >= 0.6 is 35.6 Å². The molecule has 0 saturated heterocycles. The van der Waals surface area contributed by atoms with Crippen molar-refractivity contribution >= 4 is 35.6 Å². The molecule has 1 aromatic carbocycles. The van der Waals surface area contributed by atoms with Crippen LogP contribution in [0.25, 0.3) is 0 Å². The molecule has 1 aromatic rings. The first-order valence-corrected chi connectivity index (χ1v) is 2.76. The zero-order valence-electron chi connectivity index (χ0n) is 4.91. The van der Waals surface area contributed by atoms with Crippen LogP contribution < -0.4 is 0 Å². The Kier molecular flexibility index (Phi) is 3.81. The maximum Gasteiger partial charge on any atom is 0.176 e. The molecule has 0 aromatic heterocycles.